The van der Waals surface area contributed by atoms with Crippen LogP contribution in [0.15, 0.2) is 24.3 Å². The smallest absolute Gasteiger partial charge is 0.341 e. The van der Waals surface area contributed by atoms with Crippen molar-refractivity contribution in [1.82, 2.24) is 0 Å². The van der Waals surface area contributed by atoms with Gasteiger partial charge >= 0.3 is 5.97 Å². The van der Waals surface area contributed by atoms with E-state index in [0.29, 0.717) is 11.3 Å². The molecule has 0 aromatic heterocycles. The van der Waals surface area contributed by atoms with Gasteiger partial charge in [0, 0.05) is 0 Å². The highest BCUT2D eigenvalue weighted by atomic mass is 35.5. The molecule has 0 spiro atoms. The van der Waals surface area contributed by atoms with Gasteiger partial charge in [0.05, 0.1) is 14.2 Å². The molecule has 0 atom stereocenters. The third-order valence-corrected chi connectivity index (χ3v) is 1.51. The number of hydrogen-bond acceptors (Lipinski definition) is 3. The van der Waals surface area contributed by atoms with Crippen LogP contribution in [0.1, 0.15) is 10.4 Å². The maximum absolute atomic E-state index is 11.1. The van der Waals surface area contributed by atoms with Crippen molar-refractivity contribution in [2.24, 2.45) is 0 Å². The summed E-state index contributed by atoms with van der Waals surface area (Å²) in [4.78, 5) is 11.1. The van der Waals surface area contributed by atoms with Crippen LogP contribution in [0.4, 0.5) is 0 Å². The zero-order chi connectivity index (χ0) is 8.97. The molecule has 14 heavy (non-hydrogen) atoms. The molecule has 0 fully saturated rings. The van der Waals surface area contributed by atoms with E-state index in [9.17, 15) is 4.79 Å². The van der Waals surface area contributed by atoms with Crippen LogP contribution in [0.3, 0.4) is 0 Å². The second-order valence-corrected chi connectivity index (χ2v) is 2.19. The summed E-state index contributed by atoms with van der Waals surface area (Å²) in [6.45, 7) is 0. The molecule has 0 heterocycles. The van der Waals surface area contributed by atoms with Crippen LogP contribution in [0.5, 0.6) is 5.75 Å². The monoisotopic (exact) mass is 238 g/mol. The van der Waals surface area contributed by atoms with Crippen molar-refractivity contribution < 1.29 is 14.3 Å². The Hall–Kier alpha value is -0.930. The lowest BCUT2D eigenvalue weighted by atomic mass is 10.2. The van der Waals surface area contributed by atoms with E-state index in [2.05, 4.69) is 4.74 Å². The van der Waals surface area contributed by atoms with Gasteiger partial charge in [0.2, 0.25) is 0 Å². The Labute approximate surface area is 95.2 Å². The van der Waals surface area contributed by atoms with Gasteiger partial charge in [0.15, 0.2) is 0 Å². The molecule has 0 aliphatic carbocycles. The Morgan fingerprint density at radius 3 is 2.21 bits per heavy atom. The van der Waals surface area contributed by atoms with Crippen LogP contribution >= 0.6 is 24.8 Å². The van der Waals surface area contributed by atoms with E-state index < -0.39 is 0 Å². The van der Waals surface area contributed by atoms with Crippen LogP contribution in [0.25, 0.3) is 0 Å². The molecule has 0 unspecified atom stereocenters. The number of methoxy groups -OCH3 is 2. The standard InChI is InChI=1S/C9H10O3.2ClH/c1-11-8-6-4-3-5-7(8)9(10)12-2;;/h3-6H,1-2H3;2*1H. The first-order valence-corrected chi connectivity index (χ1v) is 3.51. The Kier molecular flexibility index (Phi) is 8.29. The highest BCUT2D eigenvalue weighted by Gasteiger charge is 2.10. The number of carbonyl (C=O) groups excluding carboxylic acids is 1. The minimum Gasteiger partial charge on any atom is -0.496 e. The SMILES string of the molecule is COC(=O)c1ccccc1OC.Cl.Cl. The van der Waals surface area contributed by atoms with Gasteiger partial charge in [0.1, 0.15) is 11.3 Å². The molecule has 0 bridgehead atoms. The van der Waals surface area contributed by atoms with Crippen LogP contribution in [-0.2, 0) is 4.74 Å². The van der Waals surface area contributed by atoms with Crippen LogP contribution < -0.4 is 4.74 Å². The van der Waals surface area contributed by atoms with Crippen LogP contribution in [0, 0.1) is 0 Å². The van der Waals surface area contributed by atoms with E-state index in [4.69, 9.17) is 4.74 Å². The minimum absolute atomic E-state index is 0. The summed E-state index contributed by atoms with van der Waals surface area (Å²) in [5.74, 6) is 0.150. The normalized spacial score (nSPS) is 7.86. The third-order valence-electron chi connectivity index (χ3n) is 1.51. The van der Waals surface area contributed by atoms with Gasteiger partial charge in [-0.1, -0.05) is 12.1 Å². The molecule has 1 aromatic carbocycles. The number of hydrogen-bond donors (Lipinski definition) is 0. The van der Waals surface area contributed by atoms with Gasteiger partial charge in [-0.05, 0) is 12.1 Å². The zero-order valence-corrected chi connectivity index (χ0v) is 9.48. The van der Waals surface area contributed by atoms with Crippen LogP contribution in [0.2, 0.25) is 0 Å². The molecule has 0 saturated heterocycles. The second-order valence-electron chi connectivity index (χ2n) is 2.19. The van der Waals surface area contributed by atoms with Crippen molar-refractivity contribution in [1.29, 1.82) is 0 Å². The van der Waals surface area contributed by atoms with Crippen molar-refractivity contribution >= 4 is 30.8 Å². The second kappa shape index (κ2) is 7.47. The minimum atomic E-state index is -0.382. The summed E-state index contributed by atoms with van der Waals surface area (Å²) in [6, 6.07) is 6.93. The first-order chi connectivity index (χ1) is 5.79. The number of ether oxygens (including phenoxy) is 2. The topological polar surface area (TPSA) is 35.5 Å². The van der Waals surface area contributed by atoms with Crippen molar-refractivity contribution in [2.45, 2.75) is 0 Å². The molecule has 1 aromatic rings. The zero-order valence-electron chi connectivity index (χ0n) is 7.85. The first kappa shape index (κ1) is 15.5. The van der Waals surface area contributed by atoms with E-state index in [1.54, 1.807) is 24.3 Å². The maximum atomic E-state index is 11.1. The van der Waals surface area contributed by atoms with E-state index in [-0.39, 0.29) is 30.8 Å². The summed E-state index contributed by atoms with van der Waals surface area (Å²) in [5.41, 5.74) is 0.447. The Bertz CT molecular complexity index is 289. The molecular formula is C9H12Cl2O3. The molecule has 5 heteroatoms. The maximum Gasteiger partial charge on any atom is 0.341 e. The van der Waals surface area contributed by atoms with Gasteiger partial charge in [-0.3, -0.25) is 0 Å². The lowest BCUT2D eigenvalue weighted by molar-refractivity contribution is 0.0597. The molecular weight excluding hydrogens is 227 g/mol. The summed E-state index contributed by atoms with van der Waals surface area (Å²) >= 11 is 0. The van der Waals surface area contributed by atoms with E-state index in [1.165, 1.54) is 14.2 Å². The van der Waals surface area contributed by atoms with Crippen molar-refractivity contribution in [3.63, 3.8) is 0 Å². The summed E-state index contributed by atoms with van der Waals surface area (Å²) in [7, 11) is 2.86. The molecule has 0 aliphatic heterocycles. The third kappa shape index (κ3) is 3.44. The lowest BCUT2D eigenvalue weighted by Gasteiger charge is -2.04. The number of rotatable bonds is 2. The van der Waals surface area contributed by atoms with Crippen molar-refractivity contribution in [3.05, 3.63) is 29.8 Å². The van der Waals surface area contributed by atoms with Gasteiger partial charge in [0.25, 0.3) is 0 Å². The number of carbonyl (C=O) groups is 1. The summed E-state index contributed by atoms with van der Waals surface area (Å²) < 4.78 is 9.53. The first-order valence-electron chi connectivity index (χ1n) is 3.51. The highest BCUT2D eigenvalue weighted by Crippen LogP contribution is 2.17. The molecule has 0 saturated carbocycles. The fraction of sp³-hybridized carbons (Fsp3) is 0.222. The van der Waals surface area contributed by atoms with Gasteiger partial charge in [-0.15, -0.1) is 24.8 Å². The van der Waals surface area contributed by atoms with E-state index >= 15 is 0 Å². The van der Waals surface area contributed by atoms with E-state index in [1.807, 2.05) is 0 Å². The van der Waals surface area contributed by atoms with Gasteiger partial charge in [-0.25, -0.2) is 4.79 Å². The van der Waals surface area contributed by atoms with E-state index in [0.717, 1.165) is 0 Å². The highest BCUT2D eigenvalue weighted by molar-refractivity contribution is 5.92. The molecule has 3 nitrogen and oxygen atoms in total. The molecule has 0 amide bonds. The fourth-order valence-corrected chi connectivity index (χ4v) is 0.923. The summed E-state index contributed by atoms with van der Waals surface area (Å²) in [5, 5.41) is 0. The molecule has 80 valence electrons. The Morgan fingerprint density at radius 1 is 1.14 bits per heavy atom. The predicted molar refractivity (Wildman–Crippen MR) is 58.8 cm³/mol. The molecule has 0 N–H and O–H groups in total. The van der Waals surface area contributed by atoms with Gasteiger partial charge in [-0.2, -0.15) is 0 Å². The average molecular weight is 239 g/mol. The Morgan fingerprint density at radius 2 is 1.71 bits per heavy atom. The van der Waals surface area contributed by atoms with Gasteiger partial charge < -0.3 is 9.47 Å². The molecule has 1 rings (SSSR count). The number of benzene rings is 1. The fourth-order valence-electron chi connectivity index (χ4n) is 0.923. The average Bonchev–Trinajstić information content (AvgIpc) is 2.16. The number of para-hydroxylation sites is 1. The number of esters is 1. The number of halogens is 2. The molecule has 0 radical (unpaired) electrons. The quantitative estimate of drug-likeness (QED) is 0.743. The summed E-state index contributed by atoms with van der Waals surface area (Å²) in [6.07, 6.45) is 0. The van der Waals surface area contributed by atoms with Crippen molar-refractivity contribution in [2.75, 3.05) is 14.2 Å². The Balaban J connectivity index is 0. The molecule has 0 aliphatic rings. The lowest BCUT2D eigenvalue weighted by Crippen LogP contribution is -2.03. The predicted octanol–water partition coefficient (Wildman–Crippen LogP) is 2.33. The van der Waals surface area contributed by atoms with Crippen molar-refractivity contribution in [3.8, 4) is 5.75 Å². The largest absolute Gasteiger partial charge is 0.496 e. The van der Waals surface area contributed by atoms with Crippen LogP contribution in [-0.4, -0.2) is 20.2 Å².